The van der Waals surface area contributed by atoms with Crippen LogP contribution in [0.25, 0.3) is 0 Å². The molecule has 1 aromatic carbocycles. The highest BCUT2D eigenvalue weighted by Crippen LogP contribution is 2.23. The molecule has 0 aliphatic heterocycles. The Balaban J connectivity index is 2.73. The Morgan fingerprint density at radius 2 is 1.82 bits per heavy atom. The summed E-state index contributed by atoms with van der Waals surface area (Å²) in [5.74, 6) is 1.92. The molecule has 0 saturated heterocycles. The lowest BCUT2D eigenvalue weighted by molar-refractivity contribution is 0.239. The lowest BCUT2D eigenvalue weighted by Gasteiger charge is -2.14. The minimum atomic E-state index is 0.559. The van der Waals surface area contributed by atoms with Gasteiger partial charge >= 0.3 is 0 Å². The zero-order valence-electron chi connectivity index (χ0n) is 10.7. The average Bonchev–Trinajstić information content (AvgIpc) is 2.39. The molecule has 0 unspecified atom stereocenters. The van der Waals surface area contributed by atoms with Crippen molar-refractivity contribution in [3.63, 3.8) is 0 Å². The number of hydrogen-bond acceptors (Lipinski definition) is 3. The highest BCUT2D eigenvalue weighted by molar-refractivity contribution is 5.43. The third kappa shape index (κ3) is 3.99. The molecule has 0 atom stereocenters. The van der Waals surface area contributed by atoms with Crippen molar-refractivity contribution in [3.05, 3.63) is 23.8 Å². The topological polar surface area (TPSA) is 42.2 Å². The lowest BCUT2D eigenvalue weighted by Crippen LogP contribution is -2.10. The number of hydrogen-bond donors (Lipinski definition) is 0. The second-order valence-corrected chi connectivity index (χ2v) is 4.00. The highest BCUT2D eigenvalue weighted by atomic mass is 16.5. The highest BCUT2D eigenvalue weighted by Gasteiger charge is 2.06. The summed E-state index contributed by atoms with van der Waals surface area (Å²) in [5.41, 5.74) is 0.559. The zero-order chi connectivity index (χ0) is 12.7. The first-order valence-corrected chi connectivity index (χ1v) is 5.95. The fourth-order valence-electron chi connectivity index (χ4n) is 1.58. The lowest BCUT2D eigenvalue weighted by atomic mass is 10.1. The maximum Gasteiger partial charge on any atom is 0.124 e. The Morgan fingerprint density at radius 3 is 2.35 bits per heavy atom. The molecule has 3 heteroatoms. The molecule has 0 spiro atoms. The number of methoxy groups -OCH3 is 1. The Morgan fingerprint density at radius 1 is 1.18 bits per heavy atom. The van der Waals surface area contributed by atoms with E-state index in [-0.39, 0.29) is 0 Å². The van der Waals surface area contributed by atoms with Crippen molar-refractivity contribution in [3.8, 4) is 17.6 Å². The van der Waals surface area contributed by atoms with Crippen LogP contribution in [0.5, 0.6) is 11.5 Å². The number of nitriles is 1. The number of ether oxygens (including phenoxy) is 2. The van der Waals surface area contributed by atoms with Crippen LogP contribution in [0, 0.1) is 17.2 Å². The van der Waals surface area contributed by atoms with Gasteiger partial charge in [0.25, 0.3) is 0 Å². The second-order valence-electron chi connectivity index (χ2n) is 4.00. The maximum absolute atomic E-state index is 8.89. The van der Waals surface area contributed by atoms with Gasteiger partial charge in [0.15, 0.2) is 0 Å². The Bertz CT molecular complexity index is 392. The van der Waals surface area contributed by atoms with Crippen LogP contribution in [-0.2, 0) is 0 Å². The Kier molecular flexibility index (Phi) is 5.35. The van der Waals surface area contributed by atoms with E-state index >= 15 is 0 Å². The molecule has 0 bridgehead atoms. The van der Waals surface area contributed by atoms with Gasteiger partial charge in [-0.1, -0.05) is 26.7 Å². The van der Waals surface area contributed by atoms with E-state index < -0.39 is 0 Å². The van der Waals surface area contributed by atoms with Gasteiger partial charge in [-0.3, -0.25) is 0 Å². The molecule has 0 fully saturated rings. The summed E-state index contributed by atoms with van der Waals surface area (Å²) in [5, 5.41) is 8.89. The van der Waals surface area contributed by atoms with Crippen LogP contribution in [0.3, 0.4) is 0 Å². The van der Waals surface area contributed by atoms with E-state index in [2.05, 4.69) is 19.9 Å². The fourth-order valence-corrected chi connectivity index (χ4v) is 1.58. The molecule has 1 aromatic rings. The van der Waals surface area contributed by atoms with Gasteiger partial charge in [0, 0.05) is 6.07 Å². The summed E-state index contributed by atoms with van der Waals surface area (Å²) in [6.45, 7) is 5.00. The molecular formula is C14H19NO2. The number of nitrogens with zero attached hydrogens (tertiary/aromatic N) is 1. The van der Waals surface area contributed by atoms with E-state index in [0.717, 1.165) is 12.8 Å². The standard InChI is InChI=1S/C14H19NO2/c1-4-11(5-2)10-17-14-7-12(9-15)6-13(8-14)16-3/h6-8,11H,4-5,10H2,1-3H3. The molecule has 3 nitrogen and oxygen atoms in total. The molecule has 0 radical (unpaired) electrons. The van der Waals surface area contributed by atoms with Crippen LogP contribution >= 0.6 is 0 Å². The van der Waals surface area contributed by atoms with Gasteiger partial charge in [-0.25, -0.2) is 0 Å². The first-order valence-electron chi connectivity index (χ1n) is 5.95. The van der Waals surface area contributed by atoms with Gasteiger partial charge < -0.3 is 9.47 Å². The third-order valence-electron chi connectivity index (χ3n) is 2.89. The fraction of sp³-hybridized carbons (Fsp3) is 0.500. The van der Waals surface area contributed by atoms with E-state index in [9.17, 15) is 0 Å². The van der Waals surface area contributed by atoms with Crippen molar-refractivity contribution >= 4 is 0 Å². The first-order chi connectivity index (χ1) is 8.23. The van der Waals surface area contributed by atoms with Gasteiger partial charge in [0.2, 0.25) is 0 Å². The minimum absolute atomic E-state index is 0.559. The monoisotopic (exact) mass is 233 g/mol. The third-order valence-corrected chi connectivity index (χ3v) is 2.89. The van der Waals surface area contributed by atoms with Gasteiger partial charge in [-0.05, 0) is 18.1 Å². The molecule has 0 aliphatic carbocycles. The van der Waals surface area contributed by atoms with E-state index in [0.29, 0.717) is 29.6 Å². The molecule has 92 valence electrons. The molecule has 0 N–H and O–H groups in total. The molecule has 1 rings (SSSR count). The van der Waals surface area contributed by atoms with Crippen LogP contribution in [0.2, 0.25) is 0 Å². The van der Waals surface area contributed by atoms with Crippen molar-refractivity contribution < 1.29 is 9.47 Å². The molecule has 17 heavy (non-hydrogen) atoms. The van der Waals surface area contributed by atoms with E-state index in [1.54, 1.807) is 19.2 Å². The van der Waals surface area contributed by atoms with Crippen molar-refractivity contribution in [2.24, 2.45) is 5.92 Å². The molecule has 0 aliphatic rings. The molecule has 0 aromatic heterocycles. The summed E-state index contributed by atoms with van der Waals surface area (Å²) in [7, 11) is 1.58. The number of rotatable bonds is 6. The van der Waals surface area contributed by atoms with Gasteiger partial charge in [-0.2, -0.15) is 5.26 Å². The predicted octanol–water partition coefficient (Wildman–Crippen LogP) is 3.38. The minimum Gasteiger partial charge on any atom is -0.497 e. The van der Waals surface area contributed by atoms with Crippen molar-refractivity contribution in [1.29, 1.82) is 5.26 Å². The average molecular weight is 233 g/mol. The molecule has 0 heterocycles. The van der Waals surface area contributed by atoms with Crippen LogP contribution < -0.4 is 9.47 Å². The first kappa shape index (κ1) is 13.4. The summed E-state index contributed by atoms with van der Waals surface area (Å²) >= 11 is 0. The van der Waals surface area contributed by atoms with E-state index in [4.69, 9.17) is 14.7 Å². The SMILES string of the molecule is CCC(CC)COc1cc(C#N)cc(OC)c1. The quantitative estimate of drug-likeness (QED) is 0.756. The summed E-state index contributed by atoms with van der Waals surface area (Å²) in [6, 6.07) is 7.35. The Hall–Kier alpha value is -1.69. The van der Waals surface area contributed by atoms with Crippen LogP contribution in [0.15, 0.2) is 18.2 Å². The summed E-state index contributed by atoms with van der Waals surface area (Å²) in [4.78, 5) is 0. The van der Waals surface area contributed by atoms with Crippen LogP contribution in [-0.4, -0.2) is 13.7 Å². The van der Waals surface area contributed by atoms with Crippen LogP contribution in [0.4, 0.5) is 0 Å². The summed E-state index contributed by atoms with van der Waals surface area (Å²) < 4.78 is 10.8. The maximum atomic E-state index is 8.89. The van der Waals surface area contributed by atoms with Crippen LogP contribution in [0.1, 0.15) is 32.3 Å². The second kappa shape index (κ2) is 6.80. The zero-order valence-corrected chi connectivity index (χ0v) is 10.7. The van der Waals surface area contributed by atoms with E-state index in [1.165, 1.54) is 0 Å². The largest absolute Gasteiger partial charge is 0.497 e. The van der Waals surface area contributed by atoms with Gasteiger partial charge in [0.1, 0.15) is 11.5 Å². The van der Waals surface area contributed by atoms with Crippen molar-refractivity contribution in [2.75, 3.05) is 13.7 Å². The molecule has 0 amide bonds. The molecule has 0 saturated carbocycles. The number of benzene rings is 1. The van der Waals surface area contributed by atoms with Gasteiger partial charge in [0.05, 0.1) is 25.3 Å². The van der Waals surface area contributed by atoms with E-state index in [1.807, 2.05) is 6.07 Å². The predicted molar refractivity (Wildman–Crippen MR) is 67.3 cm³/mol. The smallest absolute Gasteiger partial charge is 0.124 e. The van der Waals surface area contributed by atoms with Crippen molar-refractivity contribution in [1.82, 2.24) is 0 Å². The van der Waals surface area contributed by atoms with Gasteiger partial charge in [-0.15, -0.1) is 0 Å². The van der Waals surface area contributed by atoms with Crippen molar-refractivity contribution in [2.45, 2.75) is 26.7 Å². The normalized spacial score (nSPS) is 10.1. The molecular weight excluding hydrogens is 214 g/mol. The Labute approximate surface area is 103 Å². The summed E-state index contributed by atoms with van der Waals surface area (Å²) in [6.07, 6.45) is 2.21.